The average Bonchev–Trinajstić information content (AvgIpc) is 2.78. The minimum Gasteiger partial charge on any atom is -0.490 e. The van der Waals surface area contributed by atoms with Crippen LogP contribution in [0.5, 0.6) is 5.75 Å². The van der Waals surface area contributed by atoms with Crippen molar-refractivity contribution in [2.24, 2.45) is 0 Å². The Morgan fingerprint density at radius 1 is 1.06 bits per heavy atom. The predicted octanol–water partition coefficient (Wildman–Crippen LogP) is 4.59. The molecular weight excluding hydrogens is 498 g/mol. The number of carbonyl (C=O) groups is 1. The molecule has 36 heavy (non-hydrogen) atoms. The first kappa shape index (κ1) is 27.0. The number of anilines is 2. The first-order chi connectivity index (χ1) is 17.1. The van der Waals surface area contributed by atoms with Crippen molar-refractivity contribution in [3.05, 3.63) is 71.5 Å². The molecule has 1 amide bonds. The number of aromatic nitrogens is 2. The van der Waals surface area contributed by atoms with Gasteiger partial charge in [0.2, 0.25) is 5.95 Å². The van der Waals surface area contributed by atoms with Gasteiger partial charge in [0.25, 0.3) is 15.9 Å². The molecule has 11 heteroatoms. The molecule has 0 spiro atoms. The van der Waals surface area contributed by atoms with Crippen molar-refractivity contribution in [1.29, 1.82) is 0 Å². The fourth-order valence-electron chi connectivity index (χ4n) is 3.44. The summed E-state index contributed by atoms with van der Waals surface area (Å²) in [5.74, 6) is 0.0733. The topological polar surface area (TPSA) is 122 Å². The Kier molecular flexibility index (Phi) is 8.94. The second-order valence-corrected chi connectivity index (χ2v) is 10.3. The molecule has 1 heterocycles. The Morgan fingerprint density at radius 3 is 2.33 bits per heavy atom. The minimum absolute atomic E-state index is 0.00643. The molecule has 3 N–H and O–H groups in total. The average molecular weight is 528 g/mol. The number of nitrogens with zero attached hydrogens (tertiary/aromatic N) is 2. The van der Waals surface area contributed by atoms with Crippen LogP contribution < -0.4 is 20.1 Å². The fraction of sp³-hybridized carbons (Fsp3) is 0.280. The number of hydrogen-bond donors (Lipinski definition) is 3. The van der Waals surface area contributed by atoms with Gasteiger partial charge in [0, 0.05) is 17.1 Å². The number of sulfonamides is 1. The van der Waals surface area contributed by atoms with Crippen molar-refractivity contribution in [2.75, 3.05) is 10.0 Å². The lowest BCUT2D eigenvalue weighted by molar-refractivity contribution is 0.0970. The van der Waals surface area contributed by atoms with E-state index >= 15 is 0 Å². The third-order valence-electron chi connectivity index (χ3n) is 5.01. The maximum atomic E-state index is 12.8. The number of carbonyl (C=O) groups excluding carboxylic acids is 1. The first-order valence-corrected chi connectivity index (χ1v) is 13.3. The SMILES string of the molecule is CCCC(C)Oc1ccccc1C(=O)NC(=S)Nc1ccc(S(=O)(=O)Nc2nc(C)cc(C)n2)cc1. The first-order valence-electron chi connectivity index (χ1n) is 11.4. The largest absolute Gasteiger partial charge is 0.490 e. The van der Waals surface area contributed by atoms with Gasteiger partial charge in [0.1, 0.15) is 5.75 Å². The van der Waals surface area contributed by atoms with Gasteiger partial charge in [-0.3, -0.25) is 10.1 Å². The molecule has 0 saturated carbocycles. The molecule has 3 rings (SSSR count). The van der Waals surface area contributed by atoms with Gasteiger partial charge in [-0.1, -0.05) is 25.5 Å². The van der Waals surface area contributed by atoms with Crippen LogP contribution in [0.1, 0.15) is 48.4 Å². The quantitative estimate of drug-likeness (QED) is 0.346. The summed E-state index contributed by atoms with van der Waals surface area (Å²) in [5.41, 5.74) is 2.17. The molecule has 0 aliphatic heterocycles. The lowest BCUT2D eigenvalue weighted by Crippen LogP contribution is -2.34. The lowest BCUT2D eigenvalue weighted by Gasteiger charge is -2.17. The molecule has 9 nitrogen and oxygen atoms in total. The lowest BCUT2D eigenvalue weighted by atomic mass is 10.1. The van der Waals surface area contributed by atoms with Crippen LogP contribution in [0, 0.1) is 13.8 Å². The summed E-state index contributed by atoms with van der Waals surface area (Å²) >= 11 is 5.27. The summed E-state index contributed by atoms with van der Waals surface area (Å²) in [4.78, 5) is 21.0. The molecule has 0 aliphatic carbocycles. The van der Waals surface area contributed by atoms with E-state index in [1.807, 2.05) is 6.92 Å². The third kappa shape index (κ3) is 7.46. The van der Waals surface area contributed by atoms with Crippen LogP contribution >= 0.6 is 12.2 Å². The fourth-order valence-corrected chi connectivity index (χ4v) is 4.59. The highest BCUT2D eigenvalue weighted by atomic mass is 32.2. The van der Waals surface area contributed by atoms with Gasteiger partial charge in [-0.2, -0.15) is 0 Å². The molecule has 0 aliphatic rings. The van der Waals surface area contributed by atoms with E-state index in [4.69, 9.17) is 17.0 Å². The van der Waals surface area contributed by atoms with Gasteiger partial charge >= 0.3 is 0 Å². The van der Waals surface area contributed by atoms with Crippen LogP contribution in [0.25, 0.3) is 0 Å². The number of benzene rings is 2. The number of thiocarbonyl (C=S) groups is 1. The second-order valence-electron chi connectivity index (χ2n) is 8.23. The molecule has 0 fully saturated rings. The van der Waals surface area contributed by atoms with Crippen molar-refractivity contribution in [3.8, 4) is 5.75 Å². The van der Waals surface area contributed by atoms with Gasteiger partial charge in [-0.05, 0) is 81.9 Å². The van der Waals surface area contributed by atoms with Gasteiger partial charge in [0.15, 0.2) is 5.11 Å². The number of nitrogens with one attached hydrogen (secondary N) is 3. The number of amides is 1. The number of aryl methyl sites for hydroxylation is 2. The van der Waals surface area contributed by atoms with E-state index in [9.17, 15) is 13.2 Å². The van der Waals surface area contributed by atoms with Gasteiger partial charge in [0.05, 0.1) is 16.6 Å². The Labute approximate surface area is 216 Å². The van der Waals surface area contributed by atoms with Crippen molar-refractivity contribution in [3.63, 3.8) is 0 Å². The number of para-hydroxylation sites is 1. The van der Waals surface area contributed by atoms with Crippen molar-refractivity contribution in [1.82, 2.24) is 15.3 Å². The van der Waals surface area contributed by atoms with Crippen LogP contribution in [0.3, 0.4) is 0 Å². The number of ether oxygens (including phenoxy) is 1. The Morgan fingerprint density at radius 2 is 1.69 bits per heavy atom. The number of rotatable bonds is 9. The zero-order valence-corrected chi connectivity index (χ0v) is 22.2. The van der Waals surface area contributed by atoms with E-state index in [0.29, 0.717) is 28.4 Å². The summed E-state index contributed by atoms with van der Waals surface area (Å²) in [5, 5.41) is 5.58. The highest BCUT2D eigenvalue weighted by molar-refractivity contribution is 7.92. The molecule has 0 bridgehead atoms. The minimum atomic E-state index is -3.89. The third-order valence-corrected chi connectivity index (χ3v) is 6.56. The van der Waals surface area contributed by atoms with Gasteiger partial charge < -0.3 is 10.1 Å². The van der Waals surface area contributed by atoms with Crippen LogP contribution in [0.15, 0.2) is 59.5 Å². The zero-order chi connectivity index (χ0) is 26.3. The normalized spacial score (nSPS) is 11.9. The van der Waals surface area contributed by atoms with Crippen LogP contribution in [0.4, 0.5) is 11.6 Å². The van der Waals surface area contributed by atoms with Gasteiger partial charge in [-0.15, -0.1) is 0 Å². The van der Waals surface area contributed by atoms with Crippen molar-refractivity contribution in [2.45, 2.75) is 51.5 Å². The standard InChI is InChI=1S/C25H29N5O4S2/c1-5-8-18(4)34-22-10-7-6-9-21(22)23(31)29-25(35)28-19-11-13-20(14-12-19)36(32,33)30-24-26-16(2)15-17(3)27-24/h6-7,9-15,18H,5,8H2,1-4H3,(H,26,27,30)(H2,28,29,31,35). The molecule has 1 atom stereocenters. The molecule has 1 unspecified atom stereocenters. The smallest absolute Gasteiger partial charge is 0.264 e. The summed E-state index contributed by atoms with van der Waals surface area (Å²) in [6.07, 6.45) is 1.81. The van der Waals surface area contributed by atoms with E-state index in [-0.39, 0.29) is 22.1 Å². The van der Waals surface area contributed by atoms with Gasteiger partial charge in [-0.25, -0.2) is 23.1 Å². The summed E-state index contributed by atoms with van der Waals surface area (Å²) in [6, 6.07) is 14.6. The molecule has 2 aromatic carbocycles. The predicted molar refractivity (Wildman–Crippen MR) is 144 cm³/mol. The molecule has 190 valence electrons. The molecule has 3 aromatic rings. The van der Waals surface area contributed by atoms with E-state index in [0.717, 1.165) is 12.8 Å². The maximum Gasteiger partial charge on any atom is 0.264 e. The molecule has 1 aromatic heterocycles. The van der Waals surface area contributed by atoms with Crippen LogP contribution in [0.2, 0.25) is 0 Å². The summed E-state index contributed by atoms with van der Waals surface area (Å²) in [7, 11) is -3.89. The summed E-state index contributed by atoms with van der Waals surface area (Å²) < 4.78 is 33.7. The Bertz CT molecular complexity index is 1320. The van der Waals surface area contributed by atoms with Crippen molar-refractivity contribution < 1.29 is 17.9 Å². The van der Waals surface area contributed by atoms with E-state index in [1.165, 1.54) is 12.1 Å². The summed E-state index contributed by atoms with van der Waals surface area (Å²) in [6.45, 7) is 7.54. The van der Waals surface area contributed by atoms with E-state index in [2.05, 4.69) is 32.2 Å². The van der Waals surface area contributed by atoms with Crippen LogP contribution in [-0.2, 0) is 10.0 Å². The molecule has 0 saturated heterocycles. The maximum absolute atomic E-state index is 12.8. The van der Waals surface area contributed by atoms with Crippen LogP contribution in [-0.4, -0.2) is 35.5 Å². The molecular formula is C25H29N5O4S2. The Hall–Kier alpha value is -3.57. The second kappa shape index (κ2) is 11.9. The molecule has 0 radical (unpaired) electrons. The Balaban J connectivity index is 1.64. The van der Waals surface area contributed by atoms with E-state index < -0.39 is 15.9 Å². The zero-order valence-electron chi connectivity index (χ0n) is 20.5. The van der Waals surface area contributed by atoms with Crippen molar-refractivity contribution >= 4 is 44.9 Å². The highest BCUT2D eigenvalue weighted by Gasteiger charge is 2.18. The monoisotopic (exact) mass is 527 g/mol. The number of hydrogen-bond acceptors (Lipinski definition) is 7. The highest BCUT2D eigenvalue weighted by Crippen LogP contribution is 2.21. The van der Waals surface area contributed by atoms with E-state index in [1.54, 1.807) is 56.3 Å².